The molecule has 4 nitrogen and oxygen atoms in total. The van der Waals surface area contributed by atoms with Gasteiger partial charge in [0.25, 0.3) is 0 Å². The number of aromatic nitrogens is 3. The molecule has 3 rings (SSSR count). The second-order valence-electron chi connectivity index (χ2n) is 4.71. The van der Waals surface area contributed by atoms with Crippen LogP contribution in [0.1, 0.15) is 23.5 Å². The summed E-state index contributed by atoms with van der Waals surface area (Å²) in [7, 11) is 1.87. The molecule has 110 valence electrons. The van der Waals surface area contributed by atoms with Gasteiger partial charge in [0.1, 0.15) is 5.82 Å². The molecule has 0 aliphatic carbocycles. The van der Waals surface area contributed by atoms with Crippen LogP contribution in [0.3, 0.4) is 0 Å². The lowest BCUT2D eigenvalue weighted by atomic mass is 10.1. The van der Waals surface area contributed by atoms with Crippen molar-refractivity contribution in [2.24, 2.45) is 7.05 Å². The highest BCUT2D eigenvalue weighted by Gasteiger charge is 2.23. The average Bonchev–Trinajstić information content (AvgIpc) is 3.00. The monoisotopic (exact) mass is 368 g/mol. The SMILES string of the molecule is CCNC(c1cc2ccc(F)cc2s1)c1c(Br)nnn1C. The van der Waals surface area contributed by atoms with Crippen LogP contribution in [-0.2, 0) is 7.05 Å². The van der Waals surface area contributed by atoms with E-state index in [1.54, 1.807) is 22.1 Å². The fourth-order valence-corrected chi connectivity index (χ4v) is 4.07. The fourth-order valence-electron chi connectivity index (χ4n) is 2.35. The maximum absolute atomic E-state index is 13.4. The summed E-state index contributed by atoms with van der Waals surface area (Å²) < 4.78 is 16.8. The van der Waals surface area contributed by atoms with Crippen LogP contribution < -0.4 is 5.32 Å². The number of nitrogens with one attached hydrogen (secondary N) is 1. The Balaban J connectivity index is 2.11. The minimum atomic E-state index is -0.209. The first-order valence-corrected chi connectivity index (χ1v) is 8.18. The molecule has 0 radical (unpaired) electrons. The number of hydrogen-bond acceptors (Lipinski definition) is 4. The highest BCUT2D eigenvalue weighted by atomic mass is 79.9. The zero-order chi connectivity index (χ0) is 15.0. The van der Waals surface area contributed by atoms with Crippen molar-refractivity contribution in [3.05, 3.63) is 45.3 Å². The summed E-state index contributed by atoms with van der Waals surface area (Å²) in [6, 6.07) is 6.94. The minimum Gasteiger partial charge on any atom is -0.305 e. The number of thiophene rings is 1. The van der Waals surface area contributed by atoms with Crippen LogP contribution in [0.25, 0.3) is 10.1 Å². The van der Waals surface area contributed by atoms with E-state index >= 15 is 0 Å². The topological polar surface area (TPSA) is 42.7 Å². The summed E-state index contributed by atoms with van der Waals surface area (Å²) in [5, 5.41) is 12.6. The lowest BCUT2D eigenvalue weighted by molar-refractivity contribution is 0.573. The zero-order valence-electron chi connectivity index (χ0n) is 11.6. The van der Waals surface area contributed by atoms with Crippen molar-refractivity contribution >= 4 is 37.4 Å². The molecule has 0 aliphatic rings. The van der Waals surface area contributed by atoms with Gasteiger partial charge in [-0.2, -0.15) is 0 Å². The predicted octanol–water partition coefficient (Wildman–Crippen LogP) is 3.63. The van der Waals surface area contributed by atoms with Crippen LogP contribution in [0.2, 0.25) is 0 Å². The summed E-state index contributed by atoms with van der Waals surface area (Å²) in [5.41, 5.74) is 0.962. The molecule has 0 saturated heterocycles. The number of rotatable bonds is 4. The number of benzene rings is 1. The Labute approximate surface area is 134 Å². The molecule has 2 aromatic heterocycles. The standard InChI is InChI=1S/C14H14BrFN4S/c1-3-17-12(13-14(15)18-19-20(13)2)11-6-8-4-5-9(16)7-10(8)21-11/h4-7,12,17H,3H2,1-2H3. The normalized spacial score (nSPS) is 13.0. The van der Waals surface area contributed by atoms with Crippen molar-refractivity contribution in [1.82, 2.24) is 20.3 Å². The van der Waals surface area contributed by atoms with E-state index in [0.29, 0.717) is 0 Å². The molecule has 3 aromatic rings. The van der Waals surface area contributed by atoms with Crippen molar-refractivity contribution in [1.29, 1.82) is 0 Å². The number of fused-ring (bicyclic) bond motifs is 1. The molecule has 0 amide bonds. The van der Waals surface area contributed by atoms with Crippen molar-refractivity contribution < 1.29 is 4.39 Å². The molecule has 0 fully saturated rings. The number of halogens is 2. The maximum atomic E-state index is 13.4. The molecule has 0 spiro atoms. The minimum absolute atomic E-state index is 0.0233. The van der Waals surface area contributed by atoms with Gasteiger partial charge in [-0.3, -0.25) is 0 Å². The van der Waals surface area contributed by atoms with Gasteiger partial charge in [-0.25, -0.2) is 9.07 Å². The van der Waals surface area contributed by atoms with Gasteiger partial charge in [-0.1, -0.05) is 18.2 Å². The van der Waals surface area contributed by atoms with E-state index in [0.717, 1.165) is 31.8 Å². The maximum Gasteiger partial charge on any atom is 0.153 e. The molecule has 1 unspecified atom stereocenters. The second-order valence-corrected chi connectivity index (χ2v) is 6.58. The van der Waals surface area contributed by atoms with Crippen molar-refractivity contribution in [2.75, 3.05) is 6.54 Å². The highest BCUT2D eigenvalue weighted by molar-refractivity contribution is 9.10. The van der Waals surface area contributed by atoms with Gasteiger partial charge in [-0.15, -0.1) is 16.4 Å². The van der Waals surface area contributed by atoms with Gasteiger partial charge >= 0.3 is 0 Å². The number of aryl methyl sites for hydroxylation is 1. The molecule has 1 N–H and O–H groups in total. The molecule has 0 aliphatic heterocycles. The molecule has 7 heteroatoms. The zero-order valence-corrected chi connectivity index (χ0v) is 14.0. The molecule has 2 heterocycles. The Bertz CT molecular complexity index is 763. The van der Waals surface area contributed by atoms with E-state index in [1.807, 2.05) is 13.1 Å². The molecular formula is C14H14BrFN4S. The Hall–Kier alpha value is -1.31. The first kappa shape index (κ1) is 14.6. The molecule has 1 aromatic carbocycles. The van der Waals surface area contributed by atoms with E-state index in [9.17, 15) is 4.39 Å². The smallest absolute Gasteiger partial charge is 0.153 e. The van der Waals surface area contributed by atoms with Crippen molar-refractivity contribution in [3.8, 4) is 0 Å². The average molecular weight is 369 g/mol. The fraction of sp³-hybridized carbons (Fsp3) is 0.286. The van der Waals surface area contributed by atoms with E-state index in [1.165, 1.54) is 6.07 Å². The van der Waals surface area contributed by atoms with Gasteiger partial charge in [0.2, 0.25) is 0 Å². The third-order valence-corrected chi connectivity index (χ3v) is 5.02. The Morgan fingerprint density at radius 1 is 1.43 bits per heavy atom. The van der Waals surface area contributed by atoms with Crippen LogP contribution in [-0.4, -0.2) is 21.5 Å². The van der Waals surface area contributed by atoms with Gasteiger partial charge in [0.05, 0.1) is 11.7 Å². The van der Waals surface area contributed by atoms with E-state index < -0.39 is 0 Å². The van der Waals surface area contributed by atoms with Crippen LogP contribution in [0.15, 0.2) is 28.9 Å². The quantitative estimate of drug-likeness (QED) is 0.764. The summed E-state index contributed by atoms with van der Waals surface area (Å²) in [4.78, 5) is 1.11. The second kappa shape index (κ2) is 5.82. The Kier molecular flexibility index (Phi) is 4.05. The van der Waals surface area contributed by atoms with E-state index in [2.05, 4.69) is 44.5 Å². The summed E-state index contributed by atoms with van der Waals surface area (Å²) in [6.45, 7) is 2.86. The van der Waals surface area contributed by atoms with Crippen LogP contribution in [0, 0.1) is 5.82 Å². The summed E-state index contributed by atoms with van der Waals surface area (Å²) >= 11 is 5.03. The van der Waals surface area contributed by atoms with Gasteiger partial charge in [0, 0.05) is 16.6 Å². The van der Waals surface area contributed by atoms with E-state index in [-0.39, 0.29) is 11.9 Å². The van der Waals surface area contributed by atoms with Gasteiger partial charge in [-0.05, 0) is 46.1 Å². The first-order valence-electron chi connectivity index (χ1n) is 6.57. The Morgan fingerprint density at radius 3 is 2.90 bits per heavy atom. The molecule has 0 saturated carbocycles. The molecule has 0 bridgehead atoms. The van der Waals surface area contributed by atoms with E-state index in [4.69, 9.17) is 0 Å². The molecule has 21 heavy (non-hydrogen) atoms. The lowest BCUT2D eigenvalue weighted by Gasteiger charge is -2.16. The van der Waals surface area contributed by atoms with Crippen LogP contribution in [0.4, 0.5) is 4.39 Å². The summed E-state index contributed by atoms with van der Waals surface area (Å²) in [5.74, 6) is -0.209. The van der Waals surface area contributed by atoms with Crippen molar-refractivity contribution in [3.63, 3.8) is 0 Å². The third-order valence-electron chi connectivity index (χ3n) is 3.29. The summed E-state index contributed by atoms with van der Waals surface area (Å²) in [6.07, 6.45) is 0. The predicted molar refractivity (Wildman–Crippen MR) is 86.0 cm³/mol. The Morgan fingerprint density at radius 2 is 2.24 bits per heavy atom. The number of hydrogen-bond donors (Lipinski definition) is 1. The van der Waals surface area contributed by atoms with Crippen LogP contribution in [0.5, 0.6) is 0 Å². The van der Waals surface area contributed by atoms with Gasteiger partial charge in [0.15, 0.2) is 4.60 Å². The number of nitrogens with zero attached hydrogens (tertiary/aromatic N) is 3. The molecular weight excluding hydrogens is 355 g/mol. The third kappa shape index (κ3) is 2.73. The van der Waals surface area contributed by atoms with Crippen molar-refractivity contribution in [2.45, 2.75) is 13.0 Å². The largest absolute Gasteiger partial charge is 0.305 e. The lowest BCUT2D eigenvalue weighted by Crippen LogP contribution is -2.23. The molecule has 1 atom stereocenters. The first-order chi connectivity index (χ1) is 10.1. The highest BCUT2D eigenvalue weighted by Crippen LogP contribution is 2.35. The van der Waals surface area contributed by atoms with Crippen LogP contribution >= 0.6 is 27.3 Å². The van der Waals surface area contributed by atoms with Gasteiger partial charge < -0.3 is 5.32 Å².